The van der Waals surface area contributed by atoms with E-state index in [0.29, 0.717) is 12.2 Å². The molecule has 1 N–H and O–H groups in total. The number of aryl methyl sites for hydroxylation is 1. The first-order chi connectivity index (χ1) is 14.0. The van der Waals surface area contributed by atoms with Crippen LogP contribution in [0.2, 0.25) is 0 Å². The van der Waals surface area contributed by atoms with E-state index in [1.165, 1.54) is 0 Å². The number of hydrogen-bond acceptors (Lipinski definition) is 4. The number of rotatable bonds is 7. The Labute approximate surface area is 174 Å². The molecule has 1 heterocycles. The maximum Gasteiger partial charge on any atom is 0.338 e. The molecule has 7 heteroatoms. The summed E-state index contributed by atoms with van der Waals surface area (Å²) in [4.78, 5) is 26.0. The average Bonchev–Trinajstić information content (AvgIpc) is 2.98. The monoisotopic (exact) mass is 412 g/mol. The molecule has 0 aliphatic rings. The summed E-state index contributed by atoms with van der Waals surface area (Å²) in [5.41, 5.74) is 3.10. The molecule has 6 nitrogen and oxygen atoms in total. The van der Waals surface area contributed by atoms with Gasteiger partial charge in [0.05, 0.1) is 24.4 Å². The van der Waals surface area contributed by atoms with Crippen LogP contribution < -0.4 is 9.88 Å². The van der Waals surface area contributed by atoms with Gasteiger partial charge in [0.1, 0.15) is 0 Å². The topological polar surface area (TPSA) is 64.2 Å². The smallest absolute Gasteiger partial charge is 0.338 e. The van der Waals surface area contributed by atoms with E-state index in [4.69, 9.17) is 4.74 Å². The van der Waals surface area contributed by atoms with E-state index in [2.05, 4.69) is 16.8 Å². The fraction of sp³-hybridized carbons (Fsp3) is 0.318. The molecule has 0 spiro atoms. The van der Waals surface area contributed by atoms with Gasteiger partial charge in [-0.2, -0.15) is 0 Å². The van der Waals surface area contributed by atoms with Crippen molar-refractivity contribution in [1.82, 2.24) is 4.57 Å². The average molecular weight is 413 g/mol. The van der Waals surface area contributed by atoms with Crippen molar-refractivity contribution >= 4 is 40.4 Å². The third-order valence-corrected chi connectivity index (χ3v) is 5.64. The number of thioether (sulfide) groups is 1. The molecule has 1 aromatic heterocycles. The number of benzene rings is 2. The molecular formula is C22H26N3O3S+. The molecule has 3 aromatic rings. The van der Waals surface area contributed by atoms with Gasteiger partial charge < -0.3 is 10.1 Å². The lowest BCUT2D eigenvalue weighted by molar-refractivity contribution is -0.674. The predicted octanol–water partition coefficient (Wildman–Crippen LogP) is 3.79. The van der Waals surface area contributed by atoms with E-state index in [1.807, 2.05) is 48.1 Å². The molecule has 0 aliphatic carbocycles. The van der Waals surface area contributed by atoms with Gasteiger partial charge in [0, 0.05) is 17.9 Å². The number of aromatic nitrogens is 2. The van der Waals surface area contributed by atoms with Crippen LogP contribution in [0, 0.1) is 6.92 Å². The summed E-state index contributed by atoms with van der Waals surface area (Å²) >= 11 is 1.59. The molecule has 0 aliphatic heterocycles. The van der Waals surface area contributed by atoms with Crippen LogP contribution in [0.15, 0.2) is 47.4 Å². The van der Waals surface area contributed by atoms with Crippen molar-refractivity contribution in [2.24, 2.45) is 0 Å². The fourth-order valence-electron chi connectivity index (χ4n) is 3.48. The molecule has 152 valence electrons. The highest BCUT2D eigenvalue weighted by atomic mass is 32.2. The SMILES string of the molecule is CCOC(=O)c1ccc2c(c1)n(CC(=O)Nc1ccccc1SC)c(C)[n+]2CC. The highest BCUT2D eigenvalue weighted by molar-refractivity contribution is 7.98. The van der Waals surface area contributed by atoms with Gasteiger partial charge in [0.15, 0.2) is 17.6 Å². The Morgan fingerprint density at radius 2 is 1.93 bits per heavy atom. The van der Waals surface area contributed by atoms with Gasteiger partial charge in [-0.15, -0.1) is 11.8 Å². The number of carbonyl (C=O) groups is 2. The van der Waals surface area contributed by atoms with Crippen LogP contribution in [0.5, 0.6) is 0 Å². The van der Waals surface area contributed by atoms with Crippen molar-refractivity contribution in [3.05, 3.63) is 53.9 Å². The van der Waals surface area contributed by atoms with Crippen LogP contribution in [0.4, 0.5) is 5.69 Å². The summed E-state index contributed by atoms with van der Waals surface area (Å²) in [6.07, 6.45) is 1.98. The van der Waals surface area contributed by atoms with Crippen molar-refractivity contribution in [2.45, 2.75) is 38.8 Å². The zero-order chi connectivity index (χ0) is 21.0. The quantitative estimate of drug-likeness (QED) is 0.364. The minimum Gasteiger partial charge on any atom is -0.462 e. The third-order valence-electron chi connectivity index (χ3n) is 4.85. The first kappa shape index (κ1) is 20.9. The molecule has 2 aromatic carbocycles. The number of amides is 1. The lowest BCUT2D eigenvalue weighted by Gasteiger charge is -2.08. The minimum absolute atomic E-state index is 0.115. The van der Waals surface area contributed by atoms with Gasteiger partial charge in [-0.25, -0.2) is 13.9 Å². The molecule has 3 rings (SSSR count). The van der Waals surface area contributed by atoms with E-state index >= 15 is 0 Å². The number of imidazole rings is 1. The van der Waals surface area contributed by atoms with E-state index in [9.17, 15) is 9.59 Å². The fourth-order valence-corrected chi connectivity index (χ4v) is 4.04. The first-order valence-corrected chi connectivity index (χ1v) is 10.8. The van der Waals surface area contributed by atoms with Crippen LogP contribution in [-0.4, -0.2) is 29.3 Å². The standard InChI is InChI=1S/C22H25N3O3S/c1-5-24-15(3)25(14-21(26)23-17-9-7-8-10-20(17)29-4)19-13-16(11-12-18(19)24)22(27)28-6-2/h7-13H,5-6,14H2,1-4H3/p+1. The lowest BCUT2D eigenvalue weighted by Crippen LogP contribution is -2.35. The number of hydrogen-bond donors (Lipinski definition) is 1. The van der Waals surface area contributed by atoms with Gasteiger partial charge in [0.2, 0.25) is 0 Å². The van der Waals surface area contributed by atoms with Gasteiger partial charge in [-0.05, 0) is 44.4 Å². The molecule has 1 amide bonds. The molecule has 0 radical (unpaired) electrons. The largest absolute Gasteiger partial charge is 0.462 e. The van der Waals surface area contributed by atoms with Crippen LogP contribution in [0.25, 0.3) is 11.0 Å². The zero-order valence-electron chi connectivity index (χ0n) is 17.2. The Morgan fingerprint density at radius 3 is 2.62 bits per heavy atom. The van der Waals surface area contributed by atoms with Crippen molar-refractivity contribution in [1.29, 1.82) is 0 Å². The summed E-state index contributed by atoms with van der Waals surface area (Å²) in [7, 11) is 0. The number of nitrogens with one attached hydrogen (secondary N) is 1. The minimum atomic E-state index is -0.360. The number of ether oxygens (including phenoxy) is 1. The highest BCUT2D eigenvalue weighted by Crippen LogP contribution is 2.25. The molecular weight excluding hydrogens is 386 g/mol. The van der Waals surface area contributed by atoms with E-state index in [1.54, 1.807) is 30.8 Å². The number of nitrogens with zero attached hydrogens (tertiary/aromatic N) is 2. The van der Waals surface area contributed by atoms with Crippen LogP contribution in [0.1, 0.15) is 30.0 Å². The Bertz CT molecular complexity index is 1060. The summed E-state index contributed by atoms with van der Waals surface area (Å²) in [5.74, 6) is 0.481. The molecule has 0 saturated heterocycles. The second-order valence-corrected chi connectivity index (χ2v) is 7.40. The van der Waals surface area contributed by atoms with Crippen molar-refractivity contribution < 1.29 is 18.9 Å². The van der Waals surface area contributed by atoms with Crippen molar-refractivity contribution in [3.63, 3.8) is 0 Å². The Balaban J connectivity index is 1.96. The molecule has 0 fully saturated rings. The van der Waals surface area contributed by atoms with Gasteiger partial charge in [-0.3, -0.25) is 4.79 Å². The van der Waals surface area contributed by atoms with Crippen LogP contribution >= 0.6 is 11.8 Å². The zero-order valence-corrected chi connectivity index (χ0v) is 18.0. The van der Waals surface area contributed by atoms with E-state index < -0.39 is 0 Å². The number of anilines is 1. The summed E-state index contributed by atoms with van der Waals surface area (Å²) in [5, 5.41) is 3.01. The second kappa shape index (κ2) is 9.13. The predicted molar refractivity (Wildman–Crippen MR) is 115 cm³/mol. The second-order valence-electron chi connectivity index (χ2n) is 6.55. The molecule has 0 bridgehead atoms. The maximum atomic E-state index is 12.8. The van der Waals surface area contributed by atoms with Gasteiger partial charge >= 0.3 is 5.97 Å². The maximum absolute atomic E-state index is 12.8. The lowest BCUT2D eigenvalue weighted by atomic mass is 10.2. The normalized spacial score (nSPS) is 10.9. The molecule has 0 atom stereocenters. The molecule has 29 heavy (non-hydrogen) atoms. The summed E-state index contributed by atoms with van der Waals surface area (Å²) in [6.45, 7) is 7.07. The number of esters is 1. The Morgan fingerprint density at radius 1 is 1.17 bits per heavy atom. The Kier molecular flexibility index (Phi) is 6.59. The van der Waals surface area contributed by atoms with Crippen molar-refractivity contribution in [2.75, 3.05) is 18.2 Å². The number of fused-ring (bicyclic) bond motifs is 1. The highest BCUT2D eigenvalue weighted by Gasteiger charge is 2.24. The summed E-state index contributed by atoms with van der Waals surface area (Å²) in [6, 6.07) is 13.2. The Hall–Kier alpha value is -2.80. The summed E-state index contributed by atoms with van der Waals surface area (Å²) < 4.78 is 9.20. The number of para-hydroxylation sites is 1. The van der Waals surface area contributed by atoms with Gasteiger partial charge in [0.25, 0.3) is 11.7 Å². The number of carbonyl (C=O) groups excluding carboxylic acids is 2. The van der Waals surface area contributed by atoms with Crippen LogP contribution in [0.3, 0.4) is 0 Å². The third kappa shape index (κ3) is 4.29. The first-order valence-electron chi connectivity index (χ1n) is 9.62. The van der Waals surface area contributed by atoms with Gasteiger partial charge in [-0.1, -0.05) is 12.1 Å². The molecule has 0 saturated carbocycles. The van der Waals surface area contributed by atoms with Crippen LogP contribution in [-0.2, 0) is 22.6 Å². The molecule has 0 unspecified atom stereocenters. The van der Waals surface area contributed by atoms with Crippen molar-refractivity contribution in [3.8, 4) is 0 Å². The van der Waals surface area contributed by atoms with E-state index in [0.717, 1.165) is 34.0 Å². The van der Waals surface area contributed by atoms with E-state index in [-0.39, 0.29) is 18.4 Å².